The molecule has 4 rings (SSSR count). The van der Waals surface area contributed by atoms with Crippen LogP contribution in [0.25, 0.3) is 5.52 Å². The number of likely N-dealkylation sites (tertiary alicyclic amines) is 1. The molecule has 0 spiro atoms. The van der Waals surface area contributed by atoms with E-state index < -0.39 is 11.9 Å². The minimum Gasteiger partial charge on any atom is -0.465 e. The molecular weight excluding hydrogens is 372 g/mol. The number of methoxy groups -OCH3 is 1. The summed E-state index contributed by atoms with van der Waals surface area (Å²) in [5, 5.41) is 2.74. The first kappa shape index (κ1) is 18.7. The van der Waals surface area contributed by atoms with Crippen LogP contribution < -0.4 is 5.32 Å². The fourth-order valence-corrected chi connectivity index (χ4v) is 3.45. The number of imidazole rings is 1. The van der Waals surface area contributed by atoms with E-state index in [1.54, 1.807) is 51.9 Å². The largest absolute Gasteiger partial charge is 0.465 e. The molecule has 1 fully saturated rings. The number of anilines is 1. The Morgan fingerprint density at radius 1 is 1.07 bits per heavy atom. The number of nitrogens with zero attached hydrogens (tertiary/aromatic N) is 3. The molecule has 3 aromatic rings. The third-order valence-corrected chi connectivity index (χ3v) is 4.89. The van der Waals surface area contributed by atoms with E-state index in [4.69, 9.17) is 4.74 Å². The number of esters is 1. The lowest BCUT2D eigenvalue weighted by Crippen LogP contribution is -2.29. The van der Waals surface area contributed by atoms with Crippen LogP contribution in [-0.2, 0) is 4.74 Å². The van der Waals surface area contributed by atoms with E-state index in [2.05, 4.69) is 10.3 Å². The number of carbonyl (C=O) groups excluding carboxylic acids is 3. The molecule has 8 heteroatoms. The summed E-state index contributed by atoms with van der Waals surface area (Å²) in [5.74, 6) is -0.922. The summed E-state index contributed by atoms with van der Waals surface area (Å²) in [5.41, 5.74) is 1.44. The van der Waals surface area contributed by atoms with Gasteiger partial charge in [-0.2, -0.15) is 0 Å². The second-order valence-electron chi connectivity index (χ2n) is 6.77. The van der Waals surface area contributed by atoms with Crippen molar-refractivity contribution in [2.24, 2.45) is 0 Å². The van der Waals surface area contributed by atoms with Gasteiger partial charge in [-0.3, -0.25) is 14.0 Å². The maximum absolute atomic E-state index is 12.9. The maximum atomic E-state index is 12.9. The lowest BCUT2D eigenvalue weighted by atomic mass is 10.2. The maximum Gasteiger partial charge on any atom is 0.337 e. The van der Waals surface area contributed by atoms with E-state index in [1.165, 1.54) is 13.2 Å². The van der Waals surface area contributed by atoms with Gasteiger partial charge >= 0.3 is 5.97 Å². The third-order valence-electron chi connectivity index (χ3n) is 4.89. The first-order valence-corrected chi connectivity index (χ1v) is 9.34. The Labute approximate surface area is 167 Å². The molecule has 1 aliphatic rings. The Morgan fingerprint density at radius 3 is 2.62 bits per heavy atom. The molecule has 8 nitrogen and oxygen atoms in total. The first-order valence-electron chi connectivity index (χ1n) is 9.34. The van der Waals surface area contributed by atoms with Crippen LogP contribution in [0.2, 0.25) is 0 Å². The molecule has 0 atom stereocenters. The lowest BCUT2D eigenvalue weighted by Gasteiger charge is -2.13. The molecule has 2 amide bonds. The molecule has 0 radical (unpaired) electrons. The van der Waals surface area contributed by atoms with Crippen LogP contribution in [-0.4, -0.2) is 52.3 Å². The number of rotatable bonds is 4. The van der Waals surface area contributed by atoms with Crippen LogP contribution in [0.3, 0.4) is 0 Å². The predicted molar refractivity (Wildman–Crippen MR) is 106 cm³/mol. The predicted octanol–water partition coefficient (Wildman–Crippen LogP) is 2.61. The molecule has 1 saturated heterocycles. The molecule has 3 heterocycles. The van der Waals surface area contributed by atoms with Gasteiger partial charge in [-0.25, -0.2) is 9.78 Å². The van der Waals surface area contributed by atoms with Crippen molar-refractivity contribution in [2.75, 3.05) is 25.5 Å². The number of carbonyl (C=O) groups is 3. The summed E-state index contributed by atoms with van der Waals surface area (Å²) in [6.07, 6.45) is 3.66. The number of amides is 2. The average Bonchev–Trinajstić information content (AvgIpc) is 3.41. The molecule has 29 heavy (non-hydrogen) atoms. The number of hydrogen-bond acceptors (Lipinski definition) is 5. The highest BCUT2D eigenvalue weighted by atomic mass is 16.5. The second kappa shape index (κ2) is 7.75. The Bertz CT molecular complexity index is 1100. The van der Waals surface area contributed by atoms with Crippen molar-refractivity contribution < 1.29 is 19.1 Å². The third kappa shape index (κ3) is 3.56. The first-order chi connectivity index (χ1) is 14.1. The van der Waals surface area contributed by atoms with Crippen molar-refractivity contribution >= 4 is 29.0 Å². The standard InChI is InChI=1S/C21H20N4O4/c1-29-21(28)14-7-6-8-15(13-14)22-19(26)17-16-9-2-3-12-25(16)18(23-17)20(27)24-10-4-5-11-24/h2-3,6-9,12-13H,4-5,10-11H2,1H3,(H,22,26). The van der Waals surface area contributed by atoms with E-state index >= 15 is 0 Å². The highest BCUT2D eigenvalue weighted by Crippen LogP contribution is 2.19. The molecular formula is C21H20N4O4. The molecule has 1 aliphatic heterocycles. The fraction of sp³-hybridized carbons (Fsp3) is 0.238. The van der Waals surface area contributed by atoms with Crippen molar-refractivity contribution in [3.05, 3.63) is 65.7 Å². The van der Waals surface area contributed by atoms with Crippen LogP contribution in [0.1, 0.15) is 44.3 Å². The zero-order valence-corrected chi connectivity index (χ0v) is 15.9. The van der Waals surface area contributed by atoms with Gasteiger partial charge in [0.2, 0.25) is 5.82 Å². The van der Waals surface area contributed by atoms with Crippen molar-refractivity contribution in [1.29, 1.82) is 0 Å². The number of nitrogens with one attached hydrogen (secondary N) is 1. The van der Waals surface area contributed by atoms with Gasteiger partial charge in [0, 0.05) is 25.0 Å². The zero-order chi connectivity index (χ0) is 20.4. The van der Waals surface area contributed by atoms with E-state index in [1.807, 2.05) is 0 Å². The number of ether oxygens (including phenoxy) is 1. The van der Waals surface area contributed by atoms with Crippen LogP contribution in [0.4, 0.5) is 5.69 Å². The molecule has 2 aromatic heterocycles. The number of fused-ring (bicyclic) bond motifs is 1. The molecule has 1 N–H and O–H groups in total. The number of pyridine rings is 1. The Balaban J connectivity index is 1.66. The Morgan fingerprint density at radius 2 is 1.86 bits per heavy atom. The second-order valence-corrected chi connectivity index (χ2v) is 6.77. The zero-order valence-electron chi connectivity index (χ0n) is 15.9. The van der Waals surface area contributed by atoms with Gasteiger partial charge in [-0.15, -0.1) is 0 Å². The topological polar surface area (TPSA) is 93.0 Å². The van der Waals surface area contributed by atoms with Crippen molar-refractivity contribution in [1.82, 2.24) is 14.3 Å². The summed E-state index contributed by atoms with van der Waals surface area (Å²) in [4.78, 5) is 43.6. The Hall–Kier alpha value is -3.68. The van der Waals surface area contributed by atoms with Crippen LogP contribution in [0.15, 0.2) is 48.7 Å². The number of aromatic nitrogens is 2. The minimum atomic E-state index is -0.493. The van der Waals surface area contributed by atoms with Crippen LogP contribution in [0, 0.1) is 0 Å². The van der Waals surface area contributed by atoms with Crippen molar-refractivity contribution in [3.63, 3.8) is 0 Å². The average molecular weight is 392 g/mol. The summed E-state index contributed by atoms with van der Waals surface area (Å²) in [6.45, 7) is 1.39. The van der Waals surface area contributed by atoms with E-state index in [0.717, 1.165) is 12.8 Å². The molecule has 0 aliphatic carbocycles. The SMILES string of the molecule is COC(=O)c1cccc(NC(=O)c2nc(C(=O)N3CCCC3)n3ccccc23)c1. The van der Waals surface area contributed by atoms with Gasteiger partial charge in [-0.05, 0) is 43.2 Å². The van der Waals surface area contributed by atoms with Gasteiger partial charge in [-0.1, -0.05) is 12.1 Å². The van der Waals surface area contributed by atoms with Gasteiger partial charge in [0.15, 0.2) is 5.69 Å². The molecule has 1 aromatic carbocycles. The lowest BCUT2D eigenvalue weighted by molar-refractivity contribution is 0.0600. The van der Waals surface area contributed by atoms with Gasteiger partial charge < -0.3 is 15.0 Å². The van der Waals surface area contributed by atoms with Crippen LogP contribution in [0.5, 0.6) is 0 Å². The minimum absolute atomic E-state index is 0.150. The molecule has 148 valence electrons. The van der Waals surface area contributed by atoms with E-state index in [0.29, 0.717) is 29.9 Å². The quantitative estimate of drug-likeness (QED) is 0.689. The monoisotopic (exact) mass is 392 g/mol. The van der Waals surface area contributed by atoms with Gasteiger partial charge in [0.05, 0.1) is 18.2 Å². The summed E-state index contributed by atoms with van der Waals surface area (Å²) in [7, 11) is 1.30. The number of hydrogen-bond donors (Lipinski definition) is 1. The van der Waals surface area contributed by atoms with Crippen molar-refractivity contribution in [2.45, 2.75) is 12.8 Å². The Kier molecular flexibility index (Phi) is 4.99. The van der Waals surface area contributed by atoms with Crippen molar-refractivity contribution in [3.8, 4) is 0 Å². The molecule has 0 unspecified atom stereocenters. The summed E-state index contributed by atoms with van der Waals surface area (Å²) < 4.78 is 6.35. The highest BCUT2D eigenvalue weighted by Gasteiger charge is 2.26. The molecule has 0 bridgehead atoms. The van der Waals surface area contributed by atoms with Gasteiger partial charge in [0.25, 0.3) is 11.8 Å². The molecule has 0 saturated carbocycles. The van der Waals surface area contributed by atoms with E-state index in [9.17, 15) is 14.4 Å². The van der Waals surface area contributed by atoms with E-state index in [-0.39, 0.29) is 17.4 Å². The summed E-state index contributed by atoms with van der Waals surface area (Å²) >= 11 is 0. The highest BCUT2D eigenvalue weighted by molar-refractivity contribution is 6.09. The summed E-state index contributed by atoms with van der Waals surface area (Å²) in [6, 6.07) is 11.8. The smallest absolute Gasteiger partial charge is 0.337 e. The number of benzene rings is 1. The van der Waals surface area contributed by atoms with Gasteiger partial charge in [0.1, 0.15) is 0 Å². The fourth-order valence-electron chi connectivity index (χ4n) is 3.45. The van der Waals surface area contributed by atoms with Crippen LogP contribution >= 0.6 is 0 Å². The normalized spacial score (nSPS) is 13.5.